The zero-order valence-electron chi connectivity index (χ0n) is 13.1. The van der Waals surface area contributed by atoms with E-state index in [0.29, 0.717) is 18.5 Å². The lowest BCUT2D eigenvalue weighted by Gasteiger charge is -2.31. The van der Waals surface area contributed by atoms with Crippen LogP contribution in [0.3, 0.4) is 0 Å². The highest BCUT2D eigenvalue weighted by molar-refractivity contribution is 5.98. The monoisotopic (exact) mass is 342 g/mol. The van der Waals surface area contributed by atoms with Crippen molar-refractivity contribution >= 4 is 24.0 Å². The molecule has 0 aliphatic heterocycles. The van der Waals surface area contributed by atoms with Crippen molar-refractivity contribution in [3.8, 4) is 5.75 Å². The maximum atomic E-state index is 14.1. The SMILES string of the molecule is Cl.NC1(C(=O)Nc2ccc(OC3CCC3)c(F)c2)CCCCC1. The van der Waals surface area contributed by atoms with Crippen LogP contribution in [-0.2, 0) is 4.79 Å². The Morgan fingerprint density at radius 2 is 1.91 bits per heavy atom. The molecule has 4 nitrogen and oxygen atoms in total. The van der Waals surface area contributed by atoms with Crippen molar-refractivity contribution < 1.29 is 13.9 Å². The average Bonchev–Trinajstić information content (AvgIpc) is 2.45. The summed E-state index contributed by atoms with van der Waals surface area (Å²) >= 11 is 0. The third kappa shape index (κ3) is 4.15. The van der Waals surface area contributed by atoms with Crippen LogP contribution >= 0.6 is 12.4 Å². The van der Waals surface area contributed by atoms with Gasteiger partial charge in [0.1, 0.15) is 0 Å². The Balaban J connectivity index is 0.00000192. The van der Waals surface area contributed by atoms with Gasteiger partial charge in [0.25, 0.3) is 0 Å². The number of halogens is 2. The number of amides is 1. The highest BCUT2D eigenvalue weighted by Crippen LogP contribution is 2.30. The summed E-state index contributed by atoms with van der Waals surface area (Å²) in [5.41, 5.74) is 5.79. The number of benzene rings is 1. The maximum absolute atomic E-state index is 14.1. The molecule has 0 unspecified atom stereocenters. The minimum atomic E-state index is -0.824. The fourth-order valence-corrected chi connectivity index (χ4v) is 3.01. The molecule has 0 radical (unpaired) electrons. The van der Waals surface area contributed by atoms with Crippen molar-refractivity contribution in [3.63, 3.8) is 0 Å². The first-order chi connectivity index (χ1) is 10.6. The number of nitrogens with one attached hydrogen (secondary N) is 1. The maximum Gasteiger partial charge on any atom is 0.244 e. The van der Waals surface area contributed by atoms with Crippen molar-refractivity contribution in [1.82, 2.24) is 0 Å². The molecule has 0 aromatic heterocycles. The average molecular weight is 343 g/mol. The van der Waals surface area contributed by atoms with Gasteiger partial charge in [-0.3, -0.25) is 4.79 Å². The molecule has 23 heavy (non-hydrogen) atoms. The lowest BCUT2D eigenvalue weighted by molar-refractivity contribution is -0.122. The van der Waals surface area contributed by atoms with Crippen LogP contribution in [0.5, 0.6) is 5.75 Å². The van der Waals surface area contributed by atoms with E-state index in [-0.39, 0.29) is 30.2 Å². The second-order valence-corrected chi connectivity index (χ2v) is 6.49. The molecule has 6 heteroatoms. The van der Waals surface area contributed by atoms with E-state index in [2.05, 4.69) is 5.32 Å². The minimum Gasteiger partial charge on any atom is -0.487 e. The Bertz CT molecular complexity index is 558. The van der Waals surface area contributed by atoms with E-state index < -0.39 is 11.4 Å². The lowest BCUT2D eigenvalue weighted by atomic mass is 9.82. The van der Waals surface area contributed by atoms with Crippen LogP contribution in [0.1, 0.15) is 51.4 Å². The van der Waals surface area contributed by atoms with Gasteiger partial charge in [0, 0.05) is 11.8 Å². The number of anilines is 1. The van der Waals surface area contributed by atoms with Crippen LogP contribution in [0, 0.1) is 5.82 Å². The predicted octanol–water partition coefficient (Wildman–Crippen LogP) is 3.78. The normalized spacial score (nSPS) is 20.1. The Morgan fingerprint density at radius 3 is 2.48 bits per heavy atom. The Morgan fingerprint density at radius 1 is 1.22 bits per heavy atom. The summed E-state index contributed by atoms with van der Waals surface area (Å²) in [5.74, 6) is -0.415. The van der Waals surface area contributed by atoms with Crippen LogP contribution in [0.4, 0.5) is 10.1 Å². The molecule has 3 rings (SSSR count). The molecule has 1 amide bonds. The largest absolute Gasteiger partial charge is 0.487 e. The van der Waals surface area contributed by atoms with E-state index >= 15 is 0 Å². The minimum absolute atomic E-state index is 0. The lowest BCUT2D eigenvalue weighted by Crippen LogP contribution is -2.52. The van der Waals surface area contributed by atoms with E-state index in [4.69, 9.17) is 10.5 Å². The molecule has 0 heterocycles. The predicted molar refractivity (Wildman–Crippen MR) is 90.5 cm³/mol. The van der Waals surface area contributed by atoms with E-state index in [9.17, 15) is 9.18 Å². The summed E-state index contributed by atoms with van der Waals surface area (Å²) in [5, 5.41) is 2.74. The summed E-state index contributed by atoms with van der Waals surface area (Å²) in [4.78, 5) is 12.3. The number of carbonyl (C=O) groups excluding carboxylic acids is 1. The van der Waals surface area contributed by atoms with Crippen molar-refractivity contribution in [2.75, 3.05) is 5.32 Å². The number of ether oxygens (including phenoxy) is 1. The van der Waals surface area contributed by atoms with Crippen LogP contribution in [0.25, 0.3) is 0 Å². The standard InChI is InChI=1S/C17H23FN2O2.ClH/c18-14-11-12(7-8-15(14)22-13-5-4-6-13)20-16(21)17(19)9-2-1-3-10-17;/h7-8,11,13H,1-6,9-10,19H2,(H,20,21);1H. The fourth-order valence-electron chi connectivity index (χ4n) is 3.01. The molecule has 0 saturated heterocycles. The van der Waals surface area contributed by atoms with Gasteiger partial charge in [-0.2, -0.15) is 0 Å². The van der Waals surface area contributed by atoms with Gasteiger partial charge in [0.15, 0.2) is 11.6 Å². The van der Waals surface area contributed by atoms with Crippen LogP contribution < -0.4 is 15.8 Å². The van der Waals surface area contributed by atoms with Gasteiger partial charge in [0.2, 0.25) is 5.91 Å². The van der Waals surface area contributed by atoms with Gasteiger partial charge in [-0.05, 0) is 44.2 Å². The molecule has 1 aromatic carbocycles. The van der Waals surface area contributed by atoms with Crippen molar-refractivity contribution in [2.24, 2.45) is 5.73 Å². The van der Waals surface area contributed by atoms with Crippen molar-refractivity contribution in [3.05, 3.63) is 24.0 Å². The summed E-state index contributed by atoms with van der Waals surface area (Å²) in [6.07, 6.45) is 7.64. The van der Waals surface area contributed by atoms with Gasteiger partial charge >= 0.3 is 0 Å². The quantitative estimate of drug-likeness (QED) is 0.875. The summed E-state index contributed by atoms with van der Waals surface area (Å²) in [7, 11) is 0. The molecule has 2 fully saturated rings. The van der Waals surface area contributed by atoms with Gasteiger partial charge in [-0.1, -0.05) is 19.3 Å². The number of carbonyl (C=O) groups is 1. The highest BCUT2D eigenvalue weighted by Gasteiger charge is 2.35. The number of nitrogens with two attached hydrogens (primary N) is 1. The molecule has 3 N–H and O–H groups in total. The molecule has 0 spiro atoms. The first-order valence-corrected chi connectivity index (χ1v) is 8.13. The van der Waals surface area contributed by atoms with E-state index in [0.717, 1.165) is 38.5 Å². The van der Waals surface area contributed by atoms with E-state index in [1.807, 2.05) is 0 Å². The molecule has 2 aliphatic rings. The van der Waals surface area contributed by atoms with Crippen LogP contribution in [-0.4, -0.2) is 17.6 Å². The Labute approximate surface area is 142 Å². The van der Waals surface area contributed by atoms with Gasteiger partial charge in [0.05, 0.1) is 11.6 Å². The fraction of sp³-hybridized carbons (Fsp3) is 0.588. The first kappa shape index (κ1) is 18.0. The van der Waals surface area contributed by atoms with Crippen LogP contribution in [0.2, 0.25) is 0 Å². The molecular weight excluding hydrogens is 319 g/mol. The molecule has 0 atom stereocenters. The molecular formula is C17H24ClFN2O2. The summed E-state index contributed by atoms with van der Waals surface area (Å²) in [6.45, 7) is 0. The molecule has 2 aliphatic carbocycles. The second kappa shape index (κ2) is 7.49. The van der Waals surface area contributed by atoms with Gasteiger partial charge < -0.3 is 15.8 Å². The first-order valence-electron chi connectivity index (χ1n) is 8.13. The summed E-state index contributed by atoms with van der Waals surface area (Å²) in [6, 6.07) is 4.55. The molecule has 128 valence electrons. The van der Waals surface area contributed by atoms with Crippen molar-refractivity contribution in [2.45, 2.75) is 63.0 Å². The Hall–Kier alpha value is -1.33. The van der Waals surface area contributed by atoms with E-state index in [1.54, 1.807) is 12.1 Å². The third-order valence-corrected chi connectivity index (χ3v) is 4.73. The number of hydrogen-bond acceptors (Lipinski definition) is 3. The molecule has 1 aromatic rings. The molecule has 0 bridgehead atoms. The highest BCUT2D eigenvalue weighted by atomic mass is 35.5. The van der Waals surface area contributed by atoms with Gasteiger partial charge in [-0.25, -0.2) is 4.39 Å². The number of rotatable bonds is 4. The number of hydrogen-bond donors (Lipinski definition) is 2. The zero-order chi connectivity index (χ0) is 15.6. The van der Waals surface area contributed by atoms with Crippen molar-refractivity contribution in [1.29, 1.82) is 0 Å². The smallest absolute Gasteiger partial charge is 0.244 e. The van der Waals surface area contributed by atoms with Gasteiger partial charge in [-0.15, -0.1) is 12.4 Å². The Kier molecular flexibility index (Phi) is 5.87. The van der Waals surface area contributed by atoms with Crippen LogP contribution in [0.15, 0.2) is 18.2 Å². The van der Waals surface area contributed by atoms with E-state index in [1.165, 1.54) is 6.07 Å². The summed E-state index contributed by atoms with van der Waals surface area (Å²) < 4.78 is 19.6. The third-order valence-electron chi connectivity index (χ3n) is 4.73. The topological polar surface area (TPSA) is 64.4 Å². The molecule has 2 saturated carbocycles. The zero-order valence-corrected chi connectivity index (χ0v) is 14.0. The second-order valence-electron chi connectivity index (χ2n) is 6.49.